The number of nitrogens with zero attached hydrogens (tertiary/aromatic N) is 4. The fraction of sp³-hybridized carbons (Fsp3) is 0.312. The van der Waals surface area contributed by atoms with Crippen LogP contribution in [-0.4, -0.2) is 65.7 Å². The summed E-state index contributed by atoms with van der Waals surface area (Å²) in [6.07, 6.45) is 0. The summed E-state index contributed by atoms with van der Waals surface area (Å²) in [5, 5.41) is 17.0. The second-order valence-corrected chi connectivity index (χ2v) is 8.10. The largest absolute Gasteiger partial charge is 0.360 e. The molecular weight excluding hydrogens is 406 g/mol. The van der Waals surface area contributed by atoms with Gasteiger partial charge in [0.05, 0.1) is 4.92 Å². The van der Waals surface area contributed by atoms with E-state index in [1.165, 1.54) is 29.2 Å². The minimum atomic E-state index is -4.12. The number of nitro benzene ring substituents is 1. The molecule has 2 amide bonds. The van der Waals surface area contributed by atoms with Crippen LogP contribution < -0.4 is 5.32 Å². The van der Waals surface area contributed by atoms with E-state index < -0.39 is 37.3 Å². The van der Waals surface area contributed by atoms with E-state index in [2.05, 4.69) is 10.5 Å². The number of piperazine rings is 1. The minimum Gasteiger partial charge on any atom is -0.360 e. The average Bonchev–Trinajstić information content (AvgIpc) is 3.12. The molecule has 0 aliphatic carbocycles. The Bertz CT molecular complexity index is 1060. The van der Waals surface area contributed by atoms with Crippen molar-refractivity contribution in [3.8, 4) is 0 Å². The molecule has 0 saturated carbocycles. The quantitative estimate of drug-likeness (QED) is 0.420. The minimum absolute atomic E-state index is 0.0377. The summed E-state index contributed by atoms with van der Waals surface area (Å²) in [4.78, 5) is 35.5. The zero-order valence-electron chi connectivity index (χ0n) is 15.3. The van der Waals surface area contributed by atoms with Crippen molar-refractivity contribution in [1.82, 2.24) is 14.4 Å². The number of sulfonamides is 1. The smallest absolute Gasteiger partial charge is 0.315 e. The molecule has 1 aliphatic heterocycles. The van der Waals surface area contributed by atoms with Gasteiger partial charge in [-0.05, 0) is 13.0 Å². The van der Waals surface area contributed by atoms with Crippen molar-refractivity contribution < 1.29 is 27.5 Å². The fourth-order valence-electron chi connectivity index (χ4n) is 2.84. The van der Waals surface area contributed by atoms with Crippen LogP contribution in [0.15, 0.2) is 39.8 Å². The van der Waals surface area contributed by atoms with Gasteiger partial charge in [0.15, 0.2) is 10.7 Å². The molecule has 3 rings (SSSR count). The highest BCUT2D eigenvalue weighted by atomic mass is 32.2. The first-order valence-electron chi connectivity index (χ1n) is 8.47. The van der Waals surface area contributed by atoms with Crippen molar-refractivity contribution in [1.29, 1.82) is 0 Å². The highest BCUT2D eigenvalue weighted by Gasteiger charge is 2.35. The van der Waals surface area contributed by atoms with Crippen molar-refractivity contribution in [2.45, 2.75) is 11.8 Å². The number of nitro groups is 1. The lowest BCUT2D eigenvalue weighted by molar-refractivity contribution is -0.387. The Morgan fingerprint density at radius 2 is 1.86 bits per heavy atom. The van der Waals surface area contributed by atoms with Crippen LogP contribution in [0, 0.1) is 17.0 Å². The lowest BCUT2D eigenvalue weighted by Crippen LogP contribution is -2.52. The maximum absolute atomic E-state index is 12.8. The van der Waals surface area contributed by atoms with Crippen LogP contribution in [0.1, 0.15) is 5.76 Å². The first-order chi connectivity index (χ1) is 13.7. The molecule has 1 aromatic heterocycles. The van der Waals surface area contributed by atoms with Crippen LogP contribution in [0.4, 0.5) is 11.5 Å². The van der Waals surface area contributed by atoms with Crippen LogP contribution in [-0.2, 0) is 19.6 Å². The second kappa shape index (κ2) is 7.97. The van der Waals surface area contributed by atoms with Gasteiger partial charge in [0, 0.05) is 38.3 Å². The normalized spacial score (nSPS) is 15.1. The number of aryl methyl sites for hydroxylation is 1. The average molecular weight is 423 g/mol. The maximum Gasteiger partial charge on any atom is 0.315 e. The van der Waals surface area contributed by atoms with Gasteiger partial charge < -0.3 is 9.42 Å². The molecule has 0 bridgehead atoms. The van der Waals surface area contributed by atoms with Gasteiger partial charge in [-0.25, -0.2) is 8.42 Å². The summed E-state index contributed by atoms with van der Waals surface area (Å²) < 4.78 is 31.4. The molecular formula is C16H17N5O7S. The zero-order valence-corrected chi connectivity index (χ0v) is 16.1. The van der Waals surface area contributed by atoms with Crippen LogP contribution in [0.25, 0.3) is 0 Å². The second-order valence-electron chi connectivity index (χ2n) is 6.20. The van der Waals surface area contributed by atoms with Crippen LogP contribution in [0.3, 0.4) is 0 Å². The van der Waals surface area contributed by atoms with Crippen LogP contribution in [0.5, 0.6) is 0 Å². The Balaban J connectivity index is 1.66. The molecule has 1 fully saturated rings. The lowest BCUT2D eigenvalue weighted by Gasteiger charge is -2.33. The number of para-hydroxylation sites is 1. The van der Waals surface area contributed by atoms with E-state index in [1.54, 1.807) is 6.92 Å². The van der Waals surface area contributed by atoms with Gasteiger partial charge in [-0.3, -0.25) is 25.0 Å². The maximum atomic E-state index is 12.8. The predicted octanol–water partition coefficient (Wildman–Crippen LogP) is 0.363. The Morgan fingerprint density at radius 3 is 2.45 bits per heavy atom. The Morgan fingerprint density at radius 1 is 1.21 bits per heavy atom. The molecule has 1 N–H and O–H groups in total. The summed E-state index contributed by atoms with van der Waals surface area (Å²) in [7, 11) is -4.12. The van der Waals surface area contributed by atoms with E-state index in [0.29, 0.717) is 5.76 Å². The number of hydrogen-bond donors (Lipinski definition) is 1. The number of aromatic nitrogens is 1. The highest BCUT2D eigenvalue weighted by molar-refractivity contribution is 7.89. The Kier molecular flexibility index (Phi) is 5.61. The fourth-order valence-corrected chi connectivity index (χ4v) is 4.42. The monoisotopic (exact) mass is 423 g/mol. The van der Waals surface area contributed by atoms with E-state index in [1.807, 2.05) is 0 Å². The van der Waals surface area contributed by atoms with Gasteiger partial charge in [0.25, 0.3) is 5.69 Å². The van der Waals surface area contributed by atoms with Gasteiger partial charge in [-0.2, -0.15) is 4.31 Å². The molecule has 0 unspecified atom stereocenters. The molecule has 1 aliphatic rings. The van der Waals surface area contributed by atoms with E-state index in [-0.39, 0.29) is 32.0 Å². The number of benzene rings is 1. The molecule has 29 heavy (non-hydrogen) atoms. The standard InChI is InChI=1S/C16H17N5O7S/c1-11-10-14(18-28-11)17-15(22)16(23)19-6-8-20(9-7-19)29(26,27)13-5-3-2-4-12(13)21(24)25/h2-5,10H,6-9H2,1H3,(H,17,18,22). The summed E-state index contributed by atoms with van der Waals surface area (Å²) in [5.41, 5.74) is -0.520. The predicted molar refractivity (Wildman–Crippen MR) is 98.3 cm³/mol. The molecule has 1 saturated heterocycles. The Hall–Kier alpha value is -3.32. The lowest BCUT2D eigenvalue weighted by atomic mass is 10.3. The number of anilines is 1. The summed E-state index contributed by atoms with van der Waals surface area (Å²) in [5.74, 6) is -1.21. The first kappa shape index (κ1) is 20.4. The number of nitrogens with one attached hydrogen (secondary N) is 1. The van der Waals surface area contributed by atoms with Crippen molar-refractivity contribution in [2.75, 3.05) is 31.5 Å². The SMILES string of the molecule is Cc1cc(NC(=O)C(=O)N2CCN(S(=O)(=O)c3ccccc3[N+](=O)[O-])CC2)no1. The van der Waals surface area contributed by atoms with E-state index in [4.69, 9.17) is 4.52 Å². The highest BCUT2D eigenvalue weighted by Crippen LogP contribution is 2.26. The number of rotatable bonds is 4. The summed E-state index contributed by atoms with van der Waals surface area (Å²) >= 11 is 0. The third-order valence-electron chi connectivity index (χ3n) is 4.27. The number of amides is 2. The van der Waals surface area contributed by atoms with E-state index in [0.717, 1.165) is 10.4 Å². The van der Waals surface area contributed by atoms with Gasteiger partial charge >= 0.3 is 11.8 Å². The van der Waals surface area contributed by atoms with E-state index >= 15 is 0 Å². The van der Waals surface area contributed by atoms with Crippen LogP contribution >= 0.6 is 0 Å². The van der Waals surface area contributed by atoms with Gasteiger partial charge in [0.2, 0.25) is 10.0 Å². The first-order valence-corrected chi connectivity index (χ1v) is 9.91. The van der Waals surface area contributed by atoms with Gasteiger partial charge in [-0.15, -0.1) is 0 Å². The third kappa shape index (κ3) is 4.25. The van der Waals surface area contributed by atoms with Crippen molar-refractivity contribution >= 4 is 33.3 Å². The summed E-state index contributed by atoms with van der Waals surface area (Å²) in [6.45, 7) is 1.35. The Labute approximate surface area is 165 Å². The van der Waals surface area contributed by atoms with Crippen molar-refractivity contribution in [2.24, 2.45) is 0 Å². The molecule has 154 valence electrons. The molecule has 13 heteroatoms. The third-order valence-corrected chi connectivity index (χ3v) is 6.22. The molecule has 0 atom stereocenters. The molecule has 2 aromatic rings. The van der Waals surface area contributed by atoms with Crippen molar-refractivity contribution in [3.05, 3.63) is 46.2 Å². The zero-order chi connectivity index (χ0) is 21.2. The van der Waals surface area contributed by atoms with E-state index in [9.17, 15) is 28.1 Å². The number of carbonyl (C=O) groups is 2. The molecule has 1 aromatic carbocycles. The molecule has 0 spiro atoms. The summed E-state index contributed by atoms with van der Waals surface area (Å²) in [6, 6.07) is 6.50. The molecule has 0 radical (unpaired) electrons. The van der Waals surface area contributed by atoms with Gasteiger partial charge in [0.1, 0.15) is 5.76 Å². The topological polar surface area (TPSA) is 156 Å². The van der Waals surface area contributed by atoms with Crippen LogP contribution in [0.2, 0.25) is 0 Å². The number of hydrogen-bond acceptors (Lipinski definition) is 8. The van der Waals surface area contributed by atoms with Gasteiger partial charge in [-0.1, -0.05) is 17.3 Å². The number of carbonyl (C=O) groups excluding carboxylic acids is 2. The van der Waals surface area contributed by atoms with Crippen molar-refractivity contribution in [3.63, 3.8) is 0 Å². The molecule has 12 nitrogen and oxygen atoms in total. The molecule has 2 heterocycles.